The number of halogens is 1. The number of rotatable bonds is 2. The topological polar surface area (TPSA) is 73.9 Å². The van der Waals surface area contributed by atoms with Gasteiger partial charge in [-0.3, -0.25) is 4.79 Å². The Hall–Kier alpha value is -2.52. The third-order valence-electron chi connectivity index (χ3n) is 3.95. The summed E-state index contributed by atoms with van der Waals surface area (Å²) in [5, 5.41) is 19.9. The van der Waals surface area contributed by atoms with Crippen LogP contribution in [0.25, 0.3) is 0 Å². The highest BCUT2D eigenvalue weighted by Crippen LogP contribution is 2.50. The molecule has 0 saturated heterocycles. The van der Waals surface area contributed by atoms with Gasteiger partial charge in [-0.25, -0.2) is 4.39 Å². The van der Waals surface area contributed by atoms with Crippen LogP contribution in [0.5, 0.6) is 0 Å². The van der Waals surface area contributed by atoms with Crippen molar-refractivity contribution in [2.24, 2.45) is 5.92 Å². The lowest BCUT2D eigenvalue weighted by Gasteiger charge is -2.26. The van der Waals surface area contributed by atoms with Crippen LogP contribution in [-0.4, -0.2) is 18.8 Å². The molecule has 0 amide bonds. The number of nitriles is 1. The van der Waals surface area contributed by atoms with E-state index in [1.165, 1.54) is 30.6 Å². The minimum absolute atomic E-state index is 0.0212. The van der Waals surface area contributed by atoms with E-state index in [2.05, 4.69) is 6.07 Å². The molecule has 4 nitrogen and oxygen atoms in total. The Kier molecular flexibility index (Phi) is 3.30. The van der Waals surface area contributed by atoms with Gasteiger partial charge >= 0.3 is 5.97 Å². The predicted octanol–water partition coefficient (Wildman–Crippen LogP) is 2.87. The van der Waals surface area contributed by atoms with E-state index in [4.69, 9.17) is 10.1 Å². The lowest BCUT2D eigenvalue weighted by Crippen LogP contribution is -2.39. The Balaban J connectivity index is 2.39. The fourth-order valence-electron chi connectivity index (χ4n) is 3.01. The van der Waals surface area contributed by atoms with Crippen LogP contribution in [0.15, 0.2) is 35.7 Å². The number of hydrogen-bond donors (Lipinski definition) is 1. The number of thiophene rings is 1. The minimum atomic E-state index is -1.42. The first-order valence-corrected chi connectivity index (χ1v) is 7.36. The van der Waals surface area contributed by atoms with Crippen LogP contribution >= 0.6 is 11.3 Å². The van der Waals surface area contributed by atoms with Crippen molar-refractivity contribution in [2.75, 3.05) is 7.11 Å². The highest BCUT2D eigenvalue weighted by molar-refractivity contribution is 7.10. The molecule has 0 bridgehead atoms. The number of ether oxygens (including phenoxy) is 1. The van der Waals surface area contributed by atoms with Gasteiger partial charge in [0, 0.05) is 10.4 Å². The Labute approximate surface area is 130 Å². The Morgan fingerprint density at radius 1 is 1.45 bits per heavy atom. The summed E-state index contributed by atoms with van der Waals surface area (Å²) < 4.78 is 19.0. The van der Waals surface area contributed by atoms with E-state index in [1.54, 1.807) is 23.6 Å². The van der Waals surface area contributed by atoms with Gasteiger partial charge in [0.1, 0.15) is 17.2 Å². The number of methoxy groups -OCH3 is 1. The zero-order chi connectivity index (χ0) is 15.9. The first kappa shape index (κ1) is 14.4. The molecule has 1 aromatic carbocycles. The molecule has 0 fully saturated rings. The van der Waals surface area contributed by atoms with Crippen LogP contribution in [0.4, 0.5) is 4.39 Å². The van der Waals surface area contributed by atoms with E-state index < -0.39 is 23.1 Å². The van der Waals surface area contributed by atoms with E-state index in [9.17, 15) is 14.4 Å². The first-order valence-electron chi connectivity index (χ1n) is 6.48. The van der Waals surface area contributed by atoms with Crippen LogP contribution in [0.2, 0.25) is 0 Å². The third-order valence-corrected chi connectivity index (χ3v) is 4.96. The smallest absolute Gasteiger partial charge is 0.317 e. The molecule has 0 aliphatic heterocycles. The normalized spacial score (nSPS) is 23.0. The monoisotopic (exact) mass is 314 g/mol. The number of nitrogens with one attached hydrogen (secondary N) is 1. The van der Waals surface area contributed by atoms with E-state index in [0.717, 1.165) is 0 Å². The van der Waals surface area contributed by atoms with Crippen molar-refractivity contribution in [3.8, 4) is 6.07 Å². The number of esters is 1. The Morgan fingerprint density at radius 2 is 2.23 bits per heavy atom. The molecular weight excluding hydrogens is 303 g/mol. The molecule has 2 atom stereocenters. The molecule has 0 radical (unpaired) electrons. The number of hydrogen-bond acceptors (Lipinski definition) is 5. The lowest BCUT2D eigenvalue weighted by atomic mass is 9.74. The molecule has 1 aliphatic carbocycles. The van der Waals surface area contributed by atoms with Crippen molar-refractivity contribution in [3.63, 3.8) is 0 Å². The van der Waals surface area contributed by atoms with Crippen LogP contribution in [-0.2, 0) is 14.9 Å². The van der Waals surface area contributed by atoms with Crippen molar-refractivity contribution in [2.45, 2.75) is 5.41 Å². The van der Waals surface area contributed by atoms with Gasteiger partial charge in [-0.15, -0.1) is 11.3 Å². The van der Waals surface area contributed by atoms with Gasteiger partial charge in [-0.05, 0) is 23.1 Å². The van der Waals surface area contributed by atoms with Gasteiger partial charge in [-0.1, -0.05) is 18.2 Å². The SMILES string of the molecule is COC(=O)[C@@H]1C(=N)c2c(F)cccc2[C@@]1(C#N)c1cccs1. The highest BCUT2D eigenvalue weighted by Gasteiger charge is 2.57. The molecule has 1 heterocycles. The maximum Gasteiger partial charge on any atom is 0.317 e. The number of carbonyl (C=O) groups is 1. The van der Waals surface area contributed by atoms with E-state index >= 15 is 0 Å². The van der Waals surface area contributed by atoms with Crippen LogP contribution in [0.3, 0.4) is 0 Å². The van der Waals surface area contributed by atoms with Crippen LogP contribution in [0, 0.1) is 28.5 Å². The molecule has 22 heavy (non-hydrogen) atoms. The van der Waals surface area contributed by atoms with Gasteiger partial charge in [0.15, 0.2) is 0 Å². The summed E-state index contributed by atoms with van der Waals surface area (Å²) in [5.74, 6) is -2.49. The maximum atomic E-state index is 14.2. The standard InChI is InChI=1S/C16H11FN2O2S/c1-21-15(20)13-14(19)12-9(4-2-5-10(12)17)16(13,8-18)11-6-3-7-22-11/h2-7,13,19H,1H3/t13-,16-/m0/s1. The Bertz CT molecular complexity index is 810. The van der Waals surface area contributed by atoms with Crippen molar-refractivity contribution in [3.05, 3.63) is 57.5 Å². The average Bonchev–Trinajstić information content (AvgIpc) is 3.13. The molecular formula is C16H11FN2O2S. The third kappa shape index (κ3) is 1.66. The van der Waals surface area contributed by atoms with Gasteiger partial charge in [0.25, 0.3) is 0 Å². The number of carbonyl (C=O) groups excluding carboxylic acids is 1. The van der Waals surface area contributed by atoms with Gasteiger partial charge in [-0.2, -0.15) is 5.26 Å². The summed E-state index contributed by atoms with van der Waals surface area (Å²) in [7, 11) is 1.20. The van der Waals surface area contributed by atoms with E-state index in [-0.39, 0.29) is 11.3 Å². The Morgan fingerprint density at radius 3 is 2.82 bits per heavy atom. The molecule has 2 aromatic rings. The van der Waals surface area contributed by atoms with Crippen molar-refractivity contribution in [1.29, 1.82) is 10.7 Å². The van der Waals surface area contributed by atoms with Gasteiger partial charge < -0.3 is 10.1 Å². The molecule has 0 saturated carbocycles. The van der Waals surface area contributed by atoms with Crippen LogP contribution < -0.4 is 0 Å². The van der Waals surface area contributed by atoms with Gasteiger partial charge in [0.05, 0.1) is 18.9 Å². The summed E-state index contributed by atoms with van der Waals surface area (Å²) in [4.78, 5) is 12.8. The van der Waals surface area contributed by atoms with Gasteiger partial charge in [0.2, 0.25) is 0 Å². The second-order valence-corrected chi connectivity index (χ2v) is 5.88. The zero-order valence-electron chi connectivity index (χ0n) is 11.6. The minimum Gasteiger partial charge on any atom is -0.468 e. The van der Waals surface area contributed by atoms with E-state index in [1.807, 2.05) is 0 Å². The molecule has 6 heteroatoms. The lowest BCUT2D eigenvalue weighted by molar-refractivity contribution is -0.143. The fraction of sp³-hybridized carbons (Fsp3) is 0.188. The summed E-state index contributed by atoms with van der Waals surface area (Å²) in [6.45, 7) is 0. The average molecular weight is 314 g/mol. The highest BCUT2D eigenvalue weighted by atomic mass is 32.1. The number of nitrogens with zero attached hydrogens (tertiary/aromatic N) is 1. The van der Waals surface area contributed by atoms with Crippen molar-refractivity contribution in [1.82, 2.24) is 0 Å². The largest absolute Gasteiger partial charge is 0.468 e. The second kappa shape index (κ2) is 5.04. The molecule has 1 aromatic heterocycles. The molecule has 3 rings (SSSR count). The summed E-state index contributed by atoms with van der Waals surface area (Å²) in [6.07, 6.45) is 0. The second-order valence-electron chi connectivity index (χ2n) is 4.93. The quantitative estimate of drug-likeness (QED) is 0.866. The molecule has 110 valence electrons. The number of benzene rings is 1. The molecule has 0 unspecified atom stereocenters. The zero-order valence-corrected chi connectivity index (χ0v) is 12.4. The first-order chi connectivity index (χ1) is 10.6. The molecule has 1 aliphatic rings. The molecule has 1 N–H and O–H groups in total. The van der Waals surface area contributed by atoms with Crippen LogP contribution in [0.1, 0.15) is 16.0 Å². The van der Waals surface area contributed by atoms with Crippen molar-refractivity contribution < 1.29 is 13.9 Å². The van der Waals surface area contributed by atoms with Crippen molar-refractivity contribution >= 4 is 23.0 Å². The predicted molar refractivity (Wildman–Crippen MR) is 79.4 cm³/mol. The fourth-order valence-corrected chi connectivity index (χ4v) is 3.93. The van der Waals surface area contributed by atoms with E-state index in [0.29, 0.717) is 10.4 Å². The molecule has 0 spiro atoms. The maximum absolute atomic E-state index is 14.2. The summed E-state index contributed by atoms with van der Waals surface area (Å²) in [5.41, 5.74) is -1.27. The summed E-state index contributed by atoms with van der Waals surface area (Å²) in [6, 6.07) is 9.95. The number of fused-ring (bicyclic) bond motifs is 1. The summed E-state index contributed by atoms with van der Waals surface area (Å²) >= 11 is 1.30.